The van der Waals surface area contributed by atoms with Gasteiger partial charge in [-0.15, -0.1) is 0 Å². The number of ether oxygens (including phenoxy) is 1. The minimum absolute atomic E-state index is 0.142. The van der Waals surface area contributed by atoms with Gasteiger partial charge in [0, 0.05) is 24.3 Å². The number of aliphatic hydroxyl groups is 1. The molecule has 1 aromatic rings. The van der Waals surface area contributed by atoms with Gasteiger partial charge in [0.1, 0.15) is 11.9 Å². The minimum Gasteiger partial charge on any atom is -0.508 e. The highest BCUT2D eigenvalue weighted by Crippen LogP contribution is 2.55. The first kappa shape index (κ1) is 19.5. The highest BCUT2D eigenvalue weighted by Gasteiger charge is 2.59. The molecule has 0 unspecified atom stereocenters. The summed E-state index contributed by atoms with van der Waals surface area (Å²) in [7, 11) is 0. The quantitative estimate of drug-likeness (QED) is 0.413. The molecule has 1 heterocycles. The van der Waals surface area contributed by atoms with Crippen molar-refractivity contribution < 1.29 is 19.7 Å². The van der Waals surface area contributed by atoms with Crippen LogP contribution in [0.15, 0.2) is 35.9 Å². The summed E-state index contributed by atoms with van der Waals surface area (Å²) in [6, 6.07) is 7.18. The molecule has 5 heteroatoms. The Kier molecular flexibility index (Phi) is 5.23. The molecule has 0 radical (unpaired) electrons. The SMILES string of the molecule is C[C@@H]1CCC=C2C[C@H]3OC(=O)[C@@H](CNCCc4ccc(O)cc4)[C@H]3[C@@H](O)[C@@]21C. The molecule has 5 nitrogen and oxygen atoms in total. The van der Waals surface area contributed by atoms with Crippen LogP contribution < -0.4 is 5.32 Å². The molecule has 0 aromatic heterocycles. The molecule has 2 fully saturated rings. The number of esters is 1. The van der Waals surface area contributed by atoms with Gasteiger partial charge in [-0.1, -0.05) is 37.6 Å². The van der Waals surface area contributed by atoms with Crippen LogP contribution in [0.4, 0.5) is 0 Å². The van der Waals surface area contributed by atoms with E-state index >= 15 is 0 Å². The first-order valence-corrected chi connectivity index (χ1v) is 10.5. The van der Waals surface area contributed by atoms with E-state index < -0.39 is 6.10 Å². The van der Waals surface area contributed by atoms with Crippen molar-refractivity contribution in [3.8, 4) is 5.75 Å². The summed E-state index contributed by atoms with van der Waals surface area (Å²) in [5.41, 5.74) is 2.15. The number of carbonyl (C=O) groups is 1. The zero-order valence-corrected chi connectivity index (χ0v) is 16.7. The topological polar surface area (TPSA) is 78.8 Å². The third-order valence-corrected chi connectivity index (χ3v) is 7.46. The van der Waals surface area contributed by atoms with E-state index in [-0.39, 0.29) is 35.1 Å². The number of aliphatic hydroxyl groups excluding tert-OH is 1. The molecule has 1 aliphatic heterocycles. The van der Waals surface area contributed by atoms with Crippen LogP contribution in [0.3, 0.4) is 0 Å². The van der Waals surface area contributed by atoms with E-state index in [1.165, 1.54) is 5.57 Å². The van der Waals surface area contributed by atoms with Crippen molar-refractivity contribution in [1.29, 1.82) is 0 Å². The van der Waals surface area contributed by atoms with E-state index in [0.29, 0.717) is 12.5 Å². The van der Waals surface area contributed by atoms with Crippen LogP contribution in [-0.2, 0) is 16.0 Å². The van der Waals surface area contributed by atoms with Gasteiger partial charge in [-0.3, -0.25) is 4.79 Å². The Labute approximate surface area is 166 Å². The van der Waals surface area contributed by atoms with Gasteiger partial charge in [0.05, 0.1) is 12.0 Å². The molecule has 2 aliphatic carbocycles. The lowest BCUT2D eigenvalue weighted by Gasteiger charge is -2.51. The Balaban J connectivity index is 1.41. The van der Waals surface area contributed by atoms with Gasteiger partial charge in [-0.2, -0.15) is 0 Å². The fourth-order valence-electron chi connectivity index (χ4n) is 5.45. The Hall–Kier alpha value is -1.85. The number of carbonyl (C=O) groups excluding carboxylic acids is 1. The Morgan fingerprint density at radius 1 is 1.29 bits per heavy atom. The molecule has 1 saturated heterocycles. The van der Waals surface area contributed by atoms with Gasteiger partial charge in [-0.05, 0) is 49.4 Å². The number of hydrogen-bond acceptors (Lipinski definition) is 5. The first-order valence-electron chi connectivity index (χ1n) is 10.5. The standard InChI is InChI=1S/C23H31NO4/c1-14-4-3-5-16-12-19-20(21(26)23(14,16)2)18(22(27)28-19)13-24-11-10-15-6-8-17(25)9-7-15/h5-9,14,18-21,24-26H,3-4,10-13H2,1-2H3/t14-,18+,19-,20-,21-,23-/m1/s1. The van der Waals surface area contributed by atoms with E-state index in [4.69, 9.17) is 4.74 Å². The summed E-state index contributed by atoms with van der Waals surface area (Å²) in [4.78, 5) is 12.6. The summed E-state index contributed by atoms with van der Waals surface area (Å²) < 4.78 is 5.70. The van der Waals surface area contributed by atoms with Crippen LogP contribution in [0.25, 0.3) is 0 Å². The zero-order valence-electron chi connectivity index (χ0n) is 16.7. The maximum atomic E-state index is 12.6. The zero-order chi connectivity index (χ0) is 19.9. The number of rotatable bonds is 5. The maximum Gasteiger partial charge on any atom is 0.311 e. The van der Waals surface area contributed by atoms with Crippen molar-refractivity contribution in [2.45, 2.75) is 51.7 Å². The summed E-state index contributed by atoms with van der Waals surface area (Å²) >= 11 is 0. The van der Waals surface area contributed by atoms with Crippen LogP contribution in [0.5, 0.6) is 5.75 Å². The molecular formula is C23H31NO4. The van der Waals surface area contributed by atoms with Crippen molar-refractivity contribution in [1.82, 2.24) is 5.32 Å². The van der Waals surface area contributed by atoms with Crippen molar-refractivity contribution in [3.05, 3.63) is 41.5 Å². The molecule has 1 saturated carbocycles. The van der Waals surface area contributed by atoms with Crippen LogP contribution in [0.1, 0.15) is 38.7 Å². The van der Waals surface area contributed by atoms with Gasteiger partial charge < -0.3 is 20.3 Å². The minimum atomic E-state index is -0.553. The lowest BCUT2D eigenvalue weighted by Crippen LogP contribution is -2.54. The Morgan fingerprint density at radius 2 is 2.04 bits per heavy atom. The Bertz CT molecular complexity index is 758. The fourth-order valence-corrected chi connectivity index (χ4v) is 5.45. The lowest BCUT2D eigenvalue weighted by molar-refractivity contribution is -0.144. The van der Waals surface area contributed by atoms with Gasteiger partial charge >= 0.3 is 5.97 Å². The number of phenols is 1. The second kappa shape index (κ2) is 7.53. The van der Waals surface area contributed by atoms with Crippen molar-refractivity contribution in [3.63, 3.8) is 0 Å². The van der Waals surface area contributed by atoms with E-state index in [2.05, 4.69) is 25.2 Å². The highest BCUT2D eigenvalue weighted by atomic mass is 16.6. The number of fused-ring (bicyclic) bond motifs is 2. The molecule has 0 bridgehead atoms. The molecule has 152 valence electrons. The van der Waals surface area contributed by atoms with Crippen LogP contribution in [-0.4, -0.2) is 41.5 Å². The summed E-state index contributed by atoms with van der Waals surface area (Å²) in [5.74, 6) is 0.0502. The molecule has 4 rings (SSSR count). The normalized spacial score (nSPS) is 37.0. The van der Waals surface area contributed by atoms with Crippen LogP contribution in [0.2, 0.25) is 0 Å². The maximum absolute atomic E-state index is 12.6. The van der Waals surface area contributed by atoms with Gasteiger partial charge in [0.2, 0.25) is 0 Å². The second-order valence-corrected chi connectivity index (χ2v) is 8.92. The van der Waals surface area contributed by atoms with Crippen molar-refractivity contribution >= 4 is 5.97 Å². The van der Waals surface area contributed by atoms with E-state index in [9.17, 15) is 15.0 Å². The average Bonchev–Trinajstić information content (AvgIpc) is 2.98. The molecule has 3 N–H and O–H groups in total. The van der Waals surface area contributed by atoms with Gasteiger partial charge in [0.25, 0.3) is 0 Å². The molecule has 1 aromatic carbocycles. The highest BCUT2D eigenvalue weighted by molar-refractivity contribution is 5.76. The molecule has 0 amide bonds. The predicted octanol–water partition coefficient (Wildman–Crippen LogP) is 2.81. The smallest absolute Gasteiger partial charge is 0.311 e. The summed E-state index contributed by atoms with van der Waals surface area (Å²) in [6.45, 7) is 5.65. The van der Waals surface area contributed by atoms with E-state index in [1.807, 2.05) is 12.1 Å². The fraction of sp³-hybridized carbons (Fsp3) is 0.609. The number of aromatic hydroxyl groups is 1. The van der Waals surface area contributed by atoms with Crippen molar-refractivity contribution in [2.75, 3.05) is 13.1 Å². The number of phenolic OH excluding ortho intramolecular Hbond substituents is 1. The number of nitrogens with one attached hydrogen (secondary N) is 1. The average molecular weight is 386 g/mol. The number of benzene rings is 1. The van der Waals surface area contributed by atoms with Gasteiger partial charge in [0.15, 0.2) is 0 Å². The monoisotopic (exact) mass is 385 g/mol. The number of hydrogen-bond donors (Lipinski definition) is 3. The largest absolute Gasteiger partial charge is 0.508 e. The molecule has 3 aliphatic rings. The molecule has 6 atom stereocenters. The summed E-state index contributed by atoms with van der Waals surface area (Å²) in [6.07, 6.45) is 5.22. The lowest BCUT2D eigenvalue weighted by atomic mass is 9.55. The molecule has 28 heavy (non-hydrogen) atoms. The molecular weight excluding hydrogens is 354 g/mol. The van der Waals surface area contributed by atoms with E-state index in [1.54, 1.807) is 12.1 Å². The summed E-state index contributed by atoms with van der Waals surface area (Å²) in [5, 5.41) is 24.1. The predicted molar refractivity (Wildman–Crippen MR) is 107 cm³/mol. The van der Waals surface area contributed by atoms with Crippen molar-refractivity contribution in [2.24, 2.45) is 23.2 Å². The third-order valence-electron chi connectivity index (χ3n) is 7.46. The Morgan fingerprint density at radius 3 is 2.79 bits per heavy atom. The van der Waals surface area contributed by atoms with Gasteiger partial charge in [-0.25, -0.2) is 0 Å². The number of allylic oxidation sites excluding steroid dienone is 1. The first-order chi connectivity index (χ1) is 13.4. The second-order valence-electron chi connectivity index (χ2n) is 8.92. The van der Waals surface area contributed by atoms with Crippen LogP contribution in [0, 0.1) is 23.2 Å². The van der Waals surface area contributed by atoms with Crippen LogP contribution >= 0.6 is 0 Å². The third kappa shape index (κ3) is 3.25. The molecule has 0 spiro atoms. The van der Waals surface area contributed by atoms with E-state index in [0.717, 1.165) is 37.8 Å².